The molecule has 3 aromatic rings. The molecule has 9 nitrogen and oxygen atoms in total. The van der Waals surface area contributed by atoms with E-state index < -0.39 is 42.6 Å². The van der Waals surface area contributed by atoms with Gasteiger partial charge < -0.3 is 4.74 Å². The molecule has 1 atom stereocenters. The largest absolute Gasteiger partial charge is 0.443 e. The van der Waals surface area contributed by atoms with Crippen molar-refractivity contribution in [3.8, 4) is 11.1 Å². The third kappa shape index (κ3) is 7.14. The first-order chi connectivity index (χ1) is 17.1. The van der Waals surface area contributed by atoms with Crippen LogP contribution in [0.5, 0.6) is 0 Å². The zero-order valence-electron chi connectivity index (χ0n) is 21.5. The zero-order chi connectivity index (χ0) is 27.6. The van der Waals surface area contributed by atoms with Crippen LogP contribution in [0.25, 0.3) is 22.0 Å². The van der Waals surface area contributed by atoms with Crippen molar-refractivity contribution < 1.29 is 30.8 Å². The molecule has 0 radical (unpaired) electrons. The van der Waals surface area contributed by atoms with Gasteiger partial charge in [-0.2, -0.15) is 0 Å². The van der Waals surface area contributed by atoms with E-state index >= 15 is 0 Å². The van der Waals surface area contributed by atoms with Crippen molar-refractivity contribution in [2.24, 2.45) is 0 Å². The Labute approximate surface area is 217 Å². The summed E-state index contributed by atoms with van der Waals surface area (Å²) in [4.78, 5) is 16.8. The molecule has 1 aromatic carbocycles. The van der Waals surface area contributed by atoms with Crippen molar-refractivity contribution in [3.05, 3.63) is 48.5 Å². The standard InChI is InChI=1S/C25H32FN3O6S2/c1-6-7-19(36(5,31)32)12-13-28-37(33,34)23-11-8-17(15-27-23)21-16-29(24(30)35-25(2,3)4)22-14-18(26)9-10-20(21)22/h8-11,14-16,19,28H,6-7,12-13H2,1-5H3. The number of carbonyl (C=O) groups is 1. The Bertz CT molecular complexity index is 1490. The van der Waals surface area contributed by atoms with Crippen LogP contribution >= 0.6 is 0 Å². The third-order valence-corrected chi connectivity index (χ3v) is 8.71. The molecule has 2 aromatic heterocycles. The van der Waals surface area contributed by atoms with Gasteiger partial charge in [-0.25, -0.2) is 35.7 Å². The summed E-state index contributed by atoms with van der Waals surface area (Å²) in [5.74, 6) is -0.523. The van der Waals surface area contributed by atoms with E-state index in [0.29, 0.717) is 34.9 Å². The van der Waals surface area contributed by atoms with E-state index in [1.807, 2.05) is 6.92 Å². The predicted octanol–water partition coefficient (Wildman–Crippen LogP) is 4.51. The van der Waals surface area contributed by atoms with Crippen molar-refractivity contribution in [3.63, 3.8) is 0 Å². The molecule has 0 aliphatic rings. The number of fused-ring (bicyclic) bond motifs is 1. The molecule has 0 spiro atoms. The Balaban J connectivity index is 1.86. The lowest BCUT2D eigenvalue weighted by Gasteiger charge is -2.19. The highest BCUT2D eigenvalue weighted by Crippen LogP contribution is 2.32. The van der Waals surface area contributed by atoms with E-state index in [1.54, 1.807) is 20.8 Å². The Hall–Kier alpha value is -2.83. The summed E-state index contributed by atoms with van der Waals surface area (Å²) in [6.07, 6.45) is 4.60. The summed E-state index contributed by atoms with van der Waals surface area (Å²) in [7, 11) is -7.27. The Morgan fingerprint density at radius 2 is 1.84 bits per heavy atom. The lowest BCUT2D eigenvalue weighted by atomic mass is 10.1. The highest BCUT2D eigenvalue weighted by molar-refractivity contribution is 7.91. The van der Waals surface area contributed by atoms with Gasteiger partial charge in [0, 0.05) is 41.7 Å². The third-order valence-electron chi connectivity index (χ3n) is 5.66. The second-order valence-electron chi connectivity index (χ2n) is 9.87. The zero-order valence-corrected chi connectivity index (χ0v) is 23.1. The fraction of sp³-hybridized carbons (Fsp3) is 0.440. The molecule has 202 valence electrons. The van der Waals surface area contributed by atoms with Crippen molar-refractivity contribution in [2.75, 3.05) is 12.8 Å². The number of ether oxygens (including phenoxy) is 1. The number of pyridine rings is 1. The van der Waals surface area contributed by atoms with Crippen LogP contribution in [0.1, 0.15) is 47.0 Å². The molecule has 1 unspecified atom stereocenters. The molecule has 0 aliphatic heterocycles. The SMILES string of the molecule is CCCC(CCNS(=O)(=O)c1ccc(-c2cn(C(=O)OC(C)(C)C)c3cc(F)ccc23)cn1)S(C)(=O)=O. The average Bonchev–Trinajstić information content (AvgIpc) is 3.15. The number of hydrogen-bond acceptors (Lipinski definition) is 7. The number of sulfonamides is 1. The van der Waals surface area contributed by atoms with Crippen molar-refractivity contribution in [1.82, 2.24) is 14.3 Å². The minimum Gasteiger partial charge on any atom is -0.443 e. The van der Waals surface area contributed by atoms with Gasteiger partial charge in [0.2, 0.25) is 0 Å². The Kier molecular flexibility index (Phi) is 8.45. The second-order valence-corrected chi connectivity index (χ2v) is 13.9. The first-order valence-electron chi connectivity index (χ1n) is 11.8. The minimum absolute atomic E-state index is 0.0432. The van der Waals surface area contributed by atoms with Gasteiger partial charge in [0.25, 0.3) is 10.0 Å². The number of nitrogens with zero attached hydrogens (tertiary/aromatic N) is 2. The average molecular weight is 554 g/mol. The molecule has 3 rings (SSSR count). The van der Waals surface area contributed by atoms with Crippen LogP contribution < -0.4 is 4.72 Å². The van der Waals surface area contributed by atoms with Gasteiger partial charge in [0.15, 0.2) is 5.03 Å². The smallest absolute Gasteiger partial charge is 0.419 e. The summed E-state index contributed by atoms with van der Waals surface area (Å²) in [6, 6.07) is 6.88. The number of rotatable bonds is 9. The van der Waals surface area contributed by atoms with Crippen LogP contribution in [0.4, 0.5) is 9.18 Å². The highest BCUT2D eigenvalue weighted by atomic mass is 32.2. The maximum Gasteiger partial charge on any atom is 0.419 e. The Morgan fingerprint density at radius 3 is 2.41 bits per heavy atom. The molecule has 0 amide bonds. The van der Waals surface area contributed by atoms with Crippen LogP contribution in [-0.4, -0.2) is 56.1 Å². The molecular weight excluding hydrogens is 521 g/mol. The molecule has 12 heteroatoms. The normalized spacial score (nSPS) is 13.6. The number of hydrogen-bond donors (Lipinski definition) is 1. The van der Waals surface area contributed by atoms with Gasteiger partial charge in [-0.3, -0.25) is 4.57 Å². The number of nitrogens with one attached hydrogen (secondary N) is 1. The van der Waals surface area contributed by atoms with Gasteiger partial charge in [0.05, 0.1) is 10.8 Å². The van der Waals surface area contributed by atoms with Crippen molar-refractivity contribution >= 4 is 36.9 Å². The summed E-state index contributed by atoms with van der Waals surface area (Å²) >= 11 is 0. The van der Waals surface area contributed by atoms with Crippen molar-refractivity contribution in [1.29, 1.82) is 0 Å². The van der Waals surface area contributed by atoms with Gasteiger partial charge in [0.1, 0.15) is 21.3 Å². The van der Waals surface area contributed by atoms with E-state index in [4.69, 9.17) is 4.74 Å². The van der Waals surface area contributed by atoms with Gasteiger partial charge >= 0.3 is 6.09 Å². The molecule has 0 aliphatic carbocycles. The van der Waals surface area contributed by atoms with E-state index in [1.165, 1.54) is 47.3 Å². The number of benzene rings is 1. The maximum absolute atomic E-state index is 14.0. The summed E-state index contributed by atoms with van der Waals surface area (Å²) in [5.41, 5.74) is 0.595. The molecular formula is C25H32FN3O6S2. The second kappa shape index (κ2) is 10.9. The molecule has 0 saturated heterocycles. The van der Waals surface area contributed by atoms with E-state index in [0.717, 1.165) is 6.26 Å². The van der Waals surface area contributed by atoms with Crippen LogP contribution in [-0.2, 0) is 24.6 Å². The summed E-state index contributed by atoms with van der Waals surface area (Å²) in [5, 5.41) is -0.294. The molecule has 1 N–H and O–H groups in total. The lowest BCUT2D eigenvalue weighted by molar-refractivity contribution is 0.0544. The fourth-order valence-electron chi connectivity index (χ4n) is 3.91. The van der Waals surface area contributed by atoms with Gasteiger partial charge in [-0.1, -0.05) is 13.3 Å². The minimum atomic E-state index is -3.98. The van der Waals surface area contributed by atoms with E-state index in [2.05, 4.69) is 9.71 Å². The Morgan fingerprint density at radius 1 is 1.14 bits per heavy atom. The molecule has 37 heavy (non-hydrogen) atoms. The monoisotopic (exact) mass is 553 g/mol. The number of aromatic nitrogens is 2. The molecule has 2 heterocycles. The highest BCUT2D eigenvalue weighted by Gasteiger charge is 2.24. The van der Waals surface area contributed by atoms with E-state index in [-0.39, 0.29) is 18.0 Å². The number of sulfone groups is 1. The number of carbonyl (C=O) groups excluding carboxylic acids is 1. The molecule has 0 bridgehead atoms. The van der Waals surface area contributed by atoms with Crippen LogP contribution in [0.15, 0.2) is 47.8 Å². The van der Waals surface area contributed by atoms with Gasteiger partial charge in [-0.05, 0) is 63.9 Å². The topological polar surface area (TPSA) is 124 Å². The van der Waals surface area contributed by atoms with Gasteiger partial charge in [-0.15, -0.1) is 0 Å². The quantitative estimate of drug-likeness (QED) is 0.413. The fourth-order valence-corrected chi connectivity index (χ4v) is 6.10. The predicted molar refractivity (Wildman–Crippen MR) is 140 cm³/mol. The first-order valence-corrected chi connectivity index (χ1v) is 15.2. The van der Waals surface area contributed by atoms with Crippen LogP contribution in [0.3, 0.4) is 0 Å². The van der Waals surface area contributed by atoms with Crippen molar-refractivity contribution in [2.45, 2.75) is 62.8 Å². The maximum atomic E-state index is 14.0. The van der Waals surface area contributed by atoms with Crippen LogP contribution in [0, 0.1) is 5.82 Å². The summed E-state index contributed by atoms with van der Waals surface area (Å²) in [6.45, 7) is 6.99. The number of halogens is 1. The van der Waals surface area contributed by atoms with Crippen LogP contribution in [0.2, 0.25) is 0 Å². The molecule has 0 fully saturated rings. The lowest BCUT2D eigenvalue weighted by Crippen LogP contribution is -2.30. The summed E-state index contributed by atoms with van der Waals surface area (Å²) < 4.78 is 72.3. The molecule has 0 saturated carbocycles. The van der Waals surface area contributed by atoms with E-state index in [9.17, 15) is 26.0 Å². The first kappa shape index (κ1) is 28.7.